The van der Waals surface area contributed by atoms with Crippen molar-refractivity contribution in [3.05, 3.63) is 164 Å². The molecule has 1 N–H and O–H groups in total. The predicted molar refractivity (Wildman–Crippen MR) is 192 cm³/mol. The fourth-order valence-electron chi connectivity index (χ4n) is 7.32. The first kappa shape index (κ1) is 25.8. The van der Waals surface area contributed by atoms with Crippen LogP contribution in [0.5, 0.6) is 11.5 Å². The van der Waals surface area contributed by atoms with E-state index < -0.39 is 0 Å². The number of ether oxygens (including phenoxy) is 2. The average molecular weight is 606 g/mol. The van der Waals surface area contributed by atoms with Gasteiger partial charge < -0.3 is 19.0 Å². The van der Waals surface area contributed by atoms with Gasteiger partial charge in [0.05, 0.1) is 27.9 Å². The Morgan fingerprint density at radius 1 is 0.574 bits per heavy atom. The fraction of sp³-hybridized carbons (Fsp3) is 0. The summed E-state index contributed by atoms with van der Waals surface area (Å²) in [6.07, 6.45) is 1.71. The summed E-state index contributed by atoms with van der Waals surface area (Å²) < 4.78 is 14.9. The molecule has 0 saturated heterocycles. The quantitative estimate of drug-likeness (QED) is 0.218. The molecule has 0 aliphatic carbocycles. The maximum absolute atomic E-state index is 6.40. The van der Waals surface area contributed by atoms with E-state index in [9.17, 15) is 0 Å². The van der Waals surface area contributed by atoms with Gasteiger partial charge in [0.25, 0.3) is 0 Å². The van der Waals surface area contributed by atoms with E-state index in [4.69, 9.17) is 9.47 Å². The molecule has 2 aliphatic rings. The molecule has 0 amide bonds. The Morgan fingerprint density at radius 2 is 1.30 bits per heavy atom. The predicted octanol–water partition coefficient (Wildman–Crippen LogP) is 10.9. The van der Waals surface area contributed by atoms with Crippen molar-refractivity contribution in [2.75, 3.05) is 4.90 Å². The maximum Gasteiger partial charge on any atom is 0.154 e. The van der Waals surface area contributed by atoms with Crippen LogP contribution in [0.2, 0.25) is 0 Å². The summed E-state index contributed by atoms with van der Waals surface area (Å²) in [7, 11) is 0. The second kappa shape index (κ2) is 9.52. The average Bonchev–Trinajstić information content (AvgIpc) is 3.64. The second-order valence-corrected chi connectivity index (χ2v) is 12.0. The van der Waals surface area contributed by atoms with Gasteiger partial charge in [-0.1, -0.05) is 73.8 Å². The van der Waals surface area contributed by atoms with Gasteiger partial charge in [-0.05, 0) is 77.9 Å². The van der Waals surface area contributed by atoms with Crippen molar-refractivity contribution in [3.8, 4) is 28.3 Å². The largest absolute Gasteiger partial charge is 0.453 e. The number of allylic oxidation sites excluding steroid dienone is 1. The van der Waals surface area contributed by atoms with E-state index in [0.717, 1.165) is 61.6 Å². The molecule has 0 atom stereocenters. The molecule has 2 aliphatic heterocycles. The van der Waals surface area contributed by atoms with Crippen LogP contribution >= 0.6 is 0 Å². The molecular formula is C42H27N3O2. The topological polar surface area (TPSA) is 42.4 Å². The van der Waals surface area contributed by atoms with E-state index in [0.29, 0.717) is 11.5 Å². The smallest absolute Gasteiger partial charge is 0.154 e. The summed E-state index contributed by atoms with van der Waals surface area (Å²) >= 11 is 0. The fourth-order valence-corrected chi connectivity index (χ4v) is 7.32. The number of anilines is 2. The van der Waals surface area contributed by atoms with E-state index in [-0.39, 0.29) is 0 Å². The summed E-state index contributed by atoms with van der Waals surface area (Å²) in [6.45, 7) is 8.23. The minimum atomic E-state index is 0.523. The van der Waals surface area contributed by atoms with Crippen LogP contribution in [-0.4, -0.2) is 9.55 Å². The van der Waals surface area contributed by atoms with E-state index in [1.807, 2.05) is 18.2 Å². The molecule has 10 rings (SSSR count). The van der Waals surface area contributed by atoms with Crippen LogP contribution in [-0.2, 0) is 0 Å². The molecule has 8 aromatic rings. The molecule has 47 heavy (non-hydrogen) atoms. The van der Waals surface area contributed by atoms with Crippen molar-refractivity contribution < 1.29 is 9.47 Å². The standard InChI is InChI=1S/C42H27N3O2/c1-3-39-42-25(2)46-40-16-10-9-15-37(40)45(42)38-23-31-30-21-26(17-19-33(30)43-34(31)24-41(38)47-39)27-18-20-36-32(22-27)29-13-7-8-14-35(29)44(36)28-11-5-4-6-12-28/h3-24,43H,1-2H2. The number of aromatic nitrogens is 2. The highest BCUT2D eigenvalue weighted by molar-refractivity contribution is 6.13. The normalized spacial score (nSPS) is 13.9. The number of hydrogen-bond acceptors (Lipinski definition) is 3. The Hall–Kier alpha value is -6.46. The number of aromatic amines is 1. The van der Waals surface area contributed by atoms with Gasteiger partial charge in [-0.3, -0.25) is 4.90 Å². The van der Waals surface area contributed by atoms with Crippen LogP contribution in [0.4, 0.5) is 11.4 Å². The molecule has 5 heteroatoms. The number of rotatable bonds is 3. The third kappa shape index (κ3) is 3.65. The molecular weight excluding hydrogens is 578 g/mol. The molecule has 0 spiro atoms. The summed E-state index contributed by atoms with van der Waals surface area (Å²) in [5, 5.41) is 4.73. The van der Waals surface area contributed by atoms with Crippen molar-refractivity contribution in [1.82, 2.24) is 9.55 Å². The summed E-state index contributed by atoms with van der Waals surface area (Å²) in [4.78, 5) is 5.81. The Balaban J connectivity index is 1.16. The molecule has 5 nitrogen and oxygen atoms in total. The minimum absolute atomic E-state index is 0.523. The minimum Gasteiger partial charge on any atom is -0.453 e. The lowest BCUT2D eigenvalue weighted by Crippen LogP contribution is -2.30. The summed E-state index contributed by atoms with van der Waals surface area (Å²) in [5.41, 5.74) is 10.6. The monoisotopic (exact) mass is 605 g/mol. The second-order valence-electron chi connectivity index (χ2n) is 12.0. The lowest BCUT2D eigenvalue weighted by atomic mass is 10.00. The third-order valence-corrected chi connectivity index (χ3v) is 9.41. The van der Waals surface area contributed by atoms with E-state index in [1.54, 1.807) is 6.08 Å². The van der Waals surface area contributed by atoms with Gasteiger partial charge in [-0.15, -0.1) is 0 Å². The Labute approximate surface area is 270 Å². The van der Waals surface area contributed by atoms with Gasteiger partial charge in [-0.25, -0.2) is 0 Å². The van der Waals surface area contributed by atoms with Crippen molar-refractivity contribution in [1.29, 1.82) is 0 Å². The first-order valence-corrected chi connectivity index (χ1v) is 15.7. The number of H-pyrrole nitrogens is 1. The third-order valence-electron chi connectivity index (χ3n) is 9.41. The number of para-hydroxylation sites is 4. The highest BCUT2D eigenvalue weighted by Crippen LogP contribution is 2.52. The Bertz CT molecular complexity index is 2670. The van der Waals surface area contributed by atoms with Crippen LogP contribution in [0.25, 0.3) is 60.4 Å². The molecule has 0 bridgehead atoms. The molecule has 6 aromatic carbocycles. The molecule has 0 fully saturated rings. The molecule has 2 aromatic heterocycles. The number of nitrogens with one attached hydrogen (secondary N) is 1. The highest BCUT2D eigenvalue weighted by Gasteiger charge is 2.35. The number of fused-ring (bicyclic) bond motifs is 11. The van der Waals surface area contributed by atoms with Crippen LogP contribution in [0.1, 0.15) is 0 Å². The lowest BCUT2D eigenvalue weighted by Gasteiger charge is -2.38. The maximum atomic E-state index is 6.40. The summed E-state index contributed by atoms with van der Waals surface area (Å²) in [5.74, 6) is 2.63. The molecule has 222 valence electrons. The van der Waals surface area contributed by atoms with E-state index in [1.165, 1.54) is 27.4 Å². The molecule has 0 unspecified atom stereocenters. The lowest BCUT2D eigenvalue weighted by molar-refractivity contribution is 0.387. The zero-order valence-electron chi connectivity index (χ0n) is 25.3. The first-order chi connectivity index (χ1) is 23.2. The van der Waals surface area contributed by atoms with Crippen LogP contribution in [0.3, 0.4) is 0 Å². The number of benzene rings is 6. The van der Waals surface area contributed by atoms with Crippen LogP contribution < -0.4 is 14.4 Å². The van der Waals surface area contributed by atoms with Crippen molar-refractivity contribution >= 4 is 55.0 Å². The Morgan fingerprint density at radius 3 is 2.17 bits per heavy atom. The van der Waals surface area contributed by atoms with Gasteiger partial charge in [-0.2, -0.15) is 0 Å². The number of nitrogens with zero attached hydrogens (tertiary/aromatic N) is 2. The van der Waals surface area contributed by atoms with Crippen LogP contribution in [0, 0.1) is 0 Å². The van der Waals surface area contributed by atoms with Crippen molar-refractivity contribution in [2.24, 2.45) is 0 Å². The highest BCUT2D eigenvalue weighted by atomic mass is 16.5. The van der Waals surface area contributed by atoms with Gasteiger partial charge in [0.1, 0.15) is 11.5 Å². The van der Waals surface area contributed by atoms with Gasteiger partial charge in [0, 0.05) is 38.8 Å². The van der Waals surface area contributed by atoms with E-state index in [2.05, 4.69) is 137 Å². The van der Waals surface area contributed by atoms with Crippen molar-refractivity contribution in [3.63, 3.8) is 0 Å². The van der Waals surface area contributed by atoms with Gasteiger partial charge in [0.15, 0.2) is 17.3 Å². The zero-order valence-corrected chi connectivity index (χ0v) is 25.3. The molecule has 4 heterocycles. The zero-order chi connectivity index (χ0) is 31.2. The first-order valence-electron chi connectivity index (χ1n) is 15.7. The Kier molecular flexibility index (Phi) is 5.23. The van der Waals surface area contributed by atoms with Crippen LogP contribution in [0.15, 0.2) is 164 Å². The SMILES string of the molecule is C=CC1=C2C(=C)Oc3ccccc3N2c2cc3c(cc2O1)[nH]c1ccc(-c2ccc4c(c2)c2ccccc2n4-c2ccccc2)cc13. The molecule has 0 radical (unpaired) electrons. The van der Waals surface area contributed by atoms with Gasteiger partial charge in [0.2, 0.25) is 0 Å². The van der Waals surface area contributed by atoms with E-state index >= 15 is 0 Å². The summed E-state index contributed by atoms with van der Waals surface area (Å²) in [6, 6.07) is 45.0. The van der Waals surface area contributed by atoms with Crippen molar-refractivity contribution in [2.45, 2.75) is 0 Å². The number of hydrogen-bond donors (Lipinski definition) is 1. The van der Waals surface area contributed by atoms with Gasteiger partial charge >= 0.3 is 0 Å². The molecule has 0 saturated carbocycles.